The van der Waals surface area contributed by atoms with E-state index in [1.807, 2.05) is 37.3 Å². The van der Waals surface area contributed by atoms with Gasteiger partial charge in [0.05, 0.1) is 16.8 Å². The van der Waals surface area contributed by atoms with Gasteiger partial charge in [0.1, 0.15) is 11.3 Å². The van der Waals surface area contributed by atoms with Crippen molar-refractivity contribution in [2.75, 3.05) is 0 Å². The molecule has 0 atom stereocenters. The van der Waals surface area contributed by atoms with E-state index < -0.39 is 0 Å². The van der Waals surface area contributed by atoms with Crippen molar-refractivity contribution in [2.45, 2.75) is 33.1 Å². The van der Waals surface area contributed by atoms with Gasteiger partial charge >= 0.3 is 0 Å². The molecule has 0 saturated carbocycles. The zero-order valence-electron chi connectivity index (χ0n) is 19.1. The molecule has 33 heavy (non-hydrogen) atoms. The van der Waals surface area contributed by atoms with Crippen LogP contribution in [0, 0.1) is 6.92 Å². The van der Waals surface area contributed by atoms with Gasteiger partial charge < -0.3 is 8.83 Å². The number of rotatable bonds is 2. The molecule has 4 heteroatoms. The van der Waals surface area contributed by atoms with Gasteiger partial charge in [-0.15, -0.1) is 0 Å². The molecule has 3 heterocycles. The van der Waals surface area contributed by atoms with Gasteiger partial charge in [-0.2, -0.15) is 10.2 Å². The Balaban J connectivity index is 1.52. The van der Waals surface area contributed by atoms with Crippen LogP contribution in [0.3, 0.4) is 0 Å². The maximum absolute atomic E-state index is 6.27. The Morgan fingerprint density at radius 1 is 0.727 bits per heavy atom. The van der Waals surface area contributed by atoms with Crippen LogP contribution < -0.4 is 0 Å². The van der Waals surface area contributed by atoms with Crippen molar-refractivity contribution < 1.29 is 8.83 Å². The van der Waals surface area contributed by atoms with Crippen LogP contribution >= 0.6 is 0 Å². The summed E-state index contributed by atoms with van der Waals surface area (Å²) < 4.78 is 12.2. The maximum Gasteiger partial charge on any atom is 0.181 e. The average molecular weight is 433 g/mol. The Kier molecular flexibility index (Phi) is 4.21. The zero-order chi connectivity index (χ0) is 22.7. The highest BCUT2D eigenvalue weighted by atomic mass is 16.4. The highest BCUT2D eigenvalue weighted by Crippen LogP contribution is 2.38. The summed E-state index contributed by atoms with van der Waals surface area (Å²) in [5.74, 6) is 0.736. The fourth-order valence-electron chi connectivity index (χ4n) is 4.55. The second-order valence-electron chi connectivity index (χ2n) is 9.63. The summed E-state index contributed by atoms with van der Waals surface area (Å²) in [5.41, 5.74) is 7.23. The van der Waals surface area contributed by atoms with Crippen molar-refractivity contribution in [3.8, 4) is 22.6 Å². The first-order chi connectivity index (χ1) is 15.9. The molecule has 0 aliphatic heterocycles. The van der Waals surface area contributed by atoms with Gasteiger partial charge in [0.15, 0.2) is 11.2 Å². The van der Waals surface area contributed by atoms with E-state index in [0.29, 0.717) is 0 Å². The van der Waals surface area contributed by atoms with Crippen LogP contribution in [0.15, 0.2) is 81.6 Å². The first-order valence-corrected chi connectivity index (χ1v) is 11.2. The first-order valence-electron chi connectivity index (χ1n) is 11.2. The summed E-state index contributed by atoms with van der Waals surface area (Å²) in [4.78, 5) is 0. The third-order valence-electron chi connectivity index (χ3n) is 6.26. The van der Waals surface area contributed by atoms with E-state index >= 15 is 0 Å². The van der Waals surface area contributed by atoms with Gasteiger partial charge in [0, 0.05) is 17.2 Å². The van der Waals surface area contributed by atoms with Crippen LogP contribution in [0.1, 0.15) is 32.0 Å². The number of aromatic nitrogens is 2. The fraction of sp³-hybridized carbons (Fsp3) is 0.172. The van der Waals surface area contributed by atoms with Crippen LogP contribution in [0.2, 0.25) is 0 Å². The molecule has 0 aliphatic carbocycles. The average Bonchev–Trinajstić information content (AvgIpc) is 3.36. The third-order valence-corrected chi connectivity index (χ3v) is 6.26. The van der Waals surface area contributed by atoms with Crippen LogP contribution in [-0.2, 0) is 5.41 Å². The number of benzene rings is 3. The summed E-state index contributed by atoms with van der Waals surface area (Å²) in [7, 11) is 0. The van der Waals surface area contributed by atoms with Gasteiger partial charge in [-0.3, -0.25) is 0 Å². The van der Waals surface area contributed by atoms with Crippen LogP contribution in [0.25, 0.3) is 55.5 Å². The minimum Gasteiger partial charge on any atom is -0.452 e. The fourth-order valence-corrected chi connectivity index (χ4v) is 4.55. The Bertz CT molecular complexity index is 1660. The zero-order valence-corrected chi connectivity index (χ0v) is 19.1. The molecule has 0 radical (unpaired) electrons. The van der Waals surface area contributed by atoms with Gasteiger partial charge in [-0.1, -0.05) is 57.2 Å². The summed E-state index contributed by atoms with van der Waals surface area (Å²) in [5, 5.41) is 12.5. The summed E-state index contributed by atoms with van der Waals surface area (Å²) in [6.45, 7) is 8.68. The van der Waals surface area contributed by atoms with E-state index in [0.717, 1.165) is 50.4 Å². The van der Waals surface area contributed by atoms with E-state index in [-0.39, 0.29) is 5.41 Å². The van der Waals surface area contributed by atoms with Crippen molar-refractivity contribution >= 4 is 32.9 Å². The van der Waals surface area contributed by atoms with Crippen LogP contribution in [-0.4, -0.2) is 10.2 Å². The second-order valence-corrected chi connectivity index (χ2v) is 9.63. The number of aryl methyl sites for hydroxylation is 1. The molecule has 0 fully saturated rings. The number of hydrogen-bond acceptors (Lipinski definition) is 4. The molecule has 0 amide bonds. The second kappa shape index (κ2) is 7.04. The Labute approximate surface area is 191 Å². The number of nitrogens with zero attached hydrogens (tertiary/aromatic N) is 2. The van der Waals surface area contributed by atoms with Gasteiger partial charge in [-0.05, 0) is 59.0 Å². The van der Waals surface area contributed by atoms with E-state index in [4.69, 9.17) is 8.83 Å². The molecular formula is C29H24N2O2. The molecule has 0 saturated heterocycles. The van der Waals surface area contributed by atoms with Gasteiger partial charge in [0.25, 0.3) is 0 Å². The molecule has 0 spiro atoms. The van der Waals surface area contributed by atoms with E-state index in [1.54, 1.807) is 0 Å². The van der Waals surface area contributed by atoms with Gasteiger partial charge in [-0.25, -0.2) is 0 Å². The van der Waals surface area contributed by atoms with Crippen molar-refractivity contribution in [3.05, 3.63) is 84.1 Å². The first kappa shape index (κ1) is 19.7. The molecule has 3 aromatic heterocycles. The molecule has 162 valence electrons. The van der Waals surface area contributed by atoms with E-state index in [9.17, 15) is 0 Å². The molecule has 0 unspecified atom stereocenters. The van der Waals surface area contributed by atoms with Crippen molar-refractivity contribution in [3.63, 3.8) is 0 Å². The topological polar surface area (TPSA) is 52.1 Å². The molecule has 0 aliphatic rings. The Morgan fingerprint density at radius 3 is 2.30 bits per heavy atom. The SMILES string of the molecule is Cc1nnc(-c2cc(C(C)(C)C)c3ccccc3c2)cc1-c1cc2oc3ccccc3c2o1. The molecule has 6 aromatic rings. The van der Waals surface area contributed by atoms with Crippen molar-refractivity contribution in [1.82, 2.24) is 10.2 Å². The van der Waals surface area contributed by atoms with Gasteiger partial charge in [0.2, 0.25) is 0 Å². The summed E-state index contributed by atoms with van der Waals surface area (Å²) in [6, 6.07) is 24.9. The molecule has 6 rings (SSSR count). The normalized spacial score (nSPS) is 12.2. The number of para-hydroxylation sites is 1. The molecule has 0 N–H and O–H groups in total. The lowest BCUT2D eigenvalue weighted by molar-refractivity contribution is 0.596. The monoisotopic (exact) mass is 432 g/mol. The smallest absolute Gasteiger partial charge is 0.181 e. The number of furan rings is 2. The lowest BCUT2D eigenvalue weighted by atomic mass is 9.82. The molecular weight excluding hydrogens is 408 g/mol. The Hall–Kier alpha value is -3.92. The van der Waals surface area contributed by atoms with E-state index in [2.05, 4.69) is 73.4 Å². The lowest BCUT2D eigenvalue weighted by Gasteiger charge is -2.22. The molecule has 0 bridgehead atoms. The van der Waals surface area contributed by atoms with Crippen molar-refractivity contribution in [1.29, 1.82) is 0 Å². The highest BCUT2D eigenvalue weighted by molar-refractivity contribution is 6.02. The molecule has 4 nitrogen and oxygen atoms in total. The number of fused-ring (bicyclic) bond motifs is 4. The van der Waals surface area contributed by atoms with Crippen molar-refractivity contribution in [2.24, 2.45) is 0 Å². The van der Waals surface area contributed by atoms with Crippen LogP contribution in [0.4, 0.5) is 0 Å². The third kappa shape index (κ3) is 3.21. The quantitative estimate of drug-likeness (QED) is 0.278. The predicted molar refractivity (Wildman–Crippen MR) is 133 cm³/mol. The summed E-state index contributed by atoms with van der Waals surface area (Å²) in [6.07, 6.45) is 0. The Morgan fingerprint density at radius 2 is 1.48 bits per heavy atom. The van der Waals surface area contributed by atoms with E-state index in [1.165, 1.54) is 16.3 Å². The summed E-state index contributed by atoms with van der Waals surface area (Å²) >= 11 is 0. The minimum atomic E-state index is 0.00309. The molecule has 3 aromatic carbocycles. The number of hydrogen-bond donors (Lipinski definition) is 0. The highest BCUT2D eigenvalue weighted by Gasteiger charge is 2.20. The largest absolute Gasteiger partial charge is 0.452 e. The van der Waals surface area contributed by atoms with Crippen LogP contribution in [0.5, 0.6) is 0 Å². The lowest BCUT2D eigenvalue weighted by Crippen LogP contribution is -2.12. The standard InChI is InChI=1S/C29H24N2O2/c1-17-22(26-16-27-28(33-26)21-11-7-8-12-25(21)32-27)15-24(31-30-17)19-13-18-9-5-6-10-20(18)23(14-19)29(2,3)4/h5-16H,1-4H3. The minimum absolute atomic E-state index is 0.00309. The maximum atomic E-state index is 6.27. The predicted octanol–water partition coefficient (Wildman–Crippen LogP) is 8.06.